The van der Waals surface area contributed by atoms with Gasteiger partial charge in [0.15, 0.2) is 17.3 Å². The number of nitrogens with zero attached hydrogens (tertiary/aromatic N) is 1. The van der Waals surface area contributed by atoms with Crippen molar-refractivity contribution >= 4 is 52.3 Å². The molecule has 1 spiro atoms. The molecule has 1 aliphatic carbocycles. The predicted molar refractivity (Wildman–Crippen MR) is 160 cm³/mol. The molecule has 0 unspecified atom stereocenters. The zero-order valence-electron chi connectivity index (χ0n) is 21.9. The van der Waals surface area contributed by atoms with Crippen molar-refractivity contribution in [3.8, 4) is 5.75 Å². The molecule has 4 aromatic carbocycles. The van der Waals surface area contributed by atoms with E-state index >= 15 is 0 Å². The molecule has 7 rings (SSSR count). The minimum atomic E-state index is -1.62. The van der Waals surface area contributed by atoms with E-state index in [9.17, 15) is 14.4 Å². The fraction of sp³-hybridized carbons (Fsp3) is 0.147. The van der Waals surface area contributed by atoms with Gasteiger partial charge >= 0.3 is 0 Å². The molecule has 1 saturated heterocycles. The van der Waals surface area contributed by atoms with Gasteiger partial charge in [0.1, 0.15) is 17.2 Å². The molecule has 0 bridgehead atoms. The average Bonchev–Trinajstić information content (AvgIpc) is 3.43. The first-order valence-corrected chi connectivity index (χ1v) is 14.0. The molecule has 2 aliphatic heterocycles. The number of halogens is 2. The van der Waals surface area contributed by atoms with Crippen molar-refractivity contribution in [3.63, 3.8) is 0 Å². The predicted octanol–water partition coefficient (Wildman–Crippen LogP) is 7.32. The van der Waals surface area contributed by atoms with Crippen molar-refractivity contribution in [1.29, 1.82) is 0 Å². The summed E-state index contributed by atoms with van der Waals surface area (Å²) >= 11 is 13.2. The van der Waals surface area contributed by atoms with Gasteiger partial charge in [-0.05, 0) is 47.5 Å². The first kappa shape index (κ1) is 25.8. The van der Waals surface area contributed by atoms with E-state index in [4.69, 9.17) is 27.9 Å². The van der Waals surface area contributed by atoms with Crippen LogP contribution in [0.5, 0.6) is 5.75 Å². The minimum Gasteiger partial charge on any atom is -0.497 e. The van der Waals surface area contributed by atoms with Gasteiger partial charge in [0.05, 0.1) is 13.2 Å². The van der Waals surface area contributed by atoms with Crippen LogP contribution in [0.15, 0.2) is 97.1 Å². The van der Waals surface area contributed by atoms with Gasteiger partial charge in [-0.3, -0.25) is 14.4 Å². The highest BCUT2D eigenvalue weighted by molar-refractivity contribution is 6.34. The number of hydrogen-bond donors (Lipinski definition) is 0. The maximum absolute atomic E-state index is 14.8. The van der Waals surface area contributed by atoms with Gasteiger partial charge in [-0.1, -0.05) is 90.0 Å². The summed E-state index contributed by atoms with van der Waals surface area (Å²) in [6, 6.07) is 24.7. The van der Waals surface area contributed by atoms with Crippen molar-refractivity contribution in [2.75, 3.05) is 12.0 Å². The summed E-state index contributed by atoms with van der Waals surface area (Å²) in [4.78, 5) is 46.0. The maximum Gasteiger partial charge on any atom is 0.186 e. The van der Waals surface area contributed by atoms with Crippen LogP contribution in [0.25, 0.3) is 6.08 Å². The molecule has 0 saturated carbocycles. The van der Waals surface area contributed by atoms with Crippen LogP contribution >= 0.6 is 23.2 Å². The van der Waals surface area contributed by atoms with E-state index in [0.717, 1.165) is 5.56 Å². The van der Waals surface area contributed by atoms with Crippen molar-refractivity contribution < 1.29 is 19.1 Å². The first-order valence-electron chi connectivity index (χ1n) is 13.3. The Morgan fingerprint density at radius 1 is 0.854 bits per heavy atom. The Morgan fingerprint density at radius 3 is 2.27 bits per heavy atom. The third-order valence-corrected chi connectivity index (χ3v) is 9.21. The Bertz CT molecular complexity index is 1780. The second kappa shape index (κ2) is 9.44. The molecule has 3 atom stereocenters. The SMILES string of the molecule is COc1cccc(C(=O)[C@@H]2[C@H](c3ccccc3Cl)C3(C(=O)c4ccccc4C3=O)[C@@H]3C=Cc4cc(Cl)ccc4N23)c1. The Balaban J connectivity index is 1.56. The van der Waals surface area contributed by atoms with E-state index in [1.165, 1.54) is 0 Å². The Hall–Kier alpha value is -4.19. The summed E-state index contributed by atoms with van der Waals surface area (Å²) in [6.07, 6.45) is 3.75. The largest absolute Gasteiger partial charge is 0.497 e. The van der Waals surface area contributed by atoms with Gasteiger partial charge in [-0.25, -0.2) is 0 Å². The fourth-order valence-corrected chi connectivity index (χ4v) is 7.40. The number of Topliss-reactive ketones (excluding diaryl/α,β-unsaturated/α-hetero) is 3. The lowest BCUT2D eigenvalue weighted by molar-refractivity contribution is 0.0666. The highest BCUT2D eigenvalue weighted by Crippen LogP contribution is 2.61. The number of hydrogen-bond acceptors (Lipinski definition) is 5. The molecule has 0 amide bonds. The maximum atomic E-state index is 14.8. The molecule has 1 fully saturated rings. The number of carbonyl (C=O) groups is 3. The van der Waals surface area contributed by atoms with E-state index in [1.54, 1.807) is 73.8 Å². The molecule has 4 aromatic rings. The number of fused-ring (bicyclic) bond motifs is 5. The summed E-state index contributed by atoms with van der Waals surface area (Å²) in [5.74, 6) is -1.22. The quantitative estimate of drug-likeness (QED) is 0.187. The summed E-state index contributed by atoms with van der Waals surface area (Å²) in [6.45, 7) is 0. The lowest BCUT2D eigenvalue weighted by Crippen LogP contribution is -2.48. The first-order chi connectivity index (χ1) is 19.9. The molecule has 2 heterocycles. The van der Waals surface area contributed by atoms with Gasteiger partial charge in [0.25, 0.3) is 0 Å². The average molecular weight is 580 g/mol. The van der Waals surface area contributed by atoms with Crippen molar-refractivity contribution in [3.05, 3.63) is 135 Å². The summed E-state index contributed by atoms with van der Waals surface area (Å²) in [5.41, 5.74) is 1.59. The Labute approximate surface area is 247 Å². The molecule has 0 aromatic heterocycles. The van der Waals surface area contributed by atoms with Crippen LogP contribution in [0.1, 0.15) is 48.1 Å². The highest BCUT2D eigenvalue weighted by Gasteiger charge is 2.71. The van der Waals surface area contributed by atoms with Crippen molar-refractivity contribution in [2.24, 2.45) is 5.41 Å². The van der Waals surface area contributed by atoms with Crippen LogP contribution in [0, 0.1) is 5.41 Å². The Kier molecular flexibility index (Phi) is 5.93. The van der Waals surface area contributed by atoms with Crippen LogP contribution in [0.4, 0.5) is 5.69 Å². The zero-order valence-corrected chi connectivity index (χ0v) is 23.4. The van der Waals surface area contributed by atoms with Gasteiger partial charge in [-0.15, -0.1) is 0 Å². The molecular formula is C34H23Cl2NO4. The van der Waals surface area contributed by atoms with Crippen molar-refractivity contribution in [2.45, 2.75) is 18.0 Å². The number of benzene rings is 4. The van der Waals surface area contributed by atoms with E-state index in [2.05, 4.69) is 0 Å². The molecule has 0 radical (unpaired) electrons. The molecule has 41 heavy (non-hydrogen) atoms. The topological polar surface area (TPSA) is 63.7 Å². The van der Waals surface area contributed by atoms with E-state index < -0.39 is 23.4 Å². The third kappa shape index (κ3) is 3.52. The van der Waals surface area contributed by atoms with Crippen LogP contribution in [0.2, 0.25) is 10.0 Å². The molecule has 202 valence electrons. The Morgan fingerprint density at radius 2 is 1.56 bits per heavy atom. The van der Waals surface area contributed by atoms with Crippen LogP contribution < -0.4 is 9.64 Å². The standard InChI is InChI=1S/C34H23Cl2NO4/c1-41-22-8-6-7-20(18-22)31(38)30-29(25-11-4-5-12-26(25)36)34(32(39)23-9-2-3-10-24(23)33(34)40)28-16-13-19-17-21(35)14-15-27(19)37(28)30/h2-18,28-30H,1H3/t28-,29-,30-/m0/s1. The molecule has 7 heteroatoms. The molecule has 0 N–H and O–H groups in total. The number of rotatable bonds is 4. The monoisotopic (exact) mass is 579 g/mol. The zero-order chi connectivity index (χ0) is 28.5. The lowest BCUT2D eigenvalue weighted by atomic mass is 9.64. The highest BCUT2D eigenvalue weighted by atomic mass is 35.5. The lowest BCUT2D eigenvalue weighted by Gasteiger charge is -2.37. The normalized spacial score (nSPS) is 21.5. The fourth-order valence-electron chi connectivity index (χ4n) is 6.97. The number of methoxy groups -OCH3 is 1. The third-order valence-electron chi connectivity index (χ3n) is 8.63. The van der Waals surface area contributed by atoms with Gasteiger partial charge in [0.2, 0.25) is 0 Å². The second-order valence-electron chi connectivity index (χ2n) is 10.5. The minimum absolute atomic E-state index is 0.247. The summed E-state index contributed by atoms with van der Waals surface area (Å²) < 4.78 is 5.42. The van der Waals surface area contributed by atoms with Gasteiger partial charge in [0, 0.05) is 38.3 Å². The summed E-state index contributed by atoms with van der Waals surface area (Å²) in [5, 5.41) is 0.927. The number of anilines is 1. The molecular weight excluding hydrogens is 557 g/mol. The smallest absolute Gasteiger partial charge is 0.186 e. The van der Waals surface area contributed by atoms with Gasteiger partial charge in [-0.2, -0.15) is 0 Å². The number of ether oxygens (including phenoxy) is 1. The van der Waals surface area contributed by atoms with Crippen LogP contribution in [-0.4, -0.2) is 36.5 Å². The van der Waals surface area contributed by atoms with Crippen LogP contribution in [0.3, 0.4) is 0 Å². The van der Waals surface area contributed by atoms with E-state index in [1.807, 2.05) is 41.3 Å². The van der Waals surface area contributed by atoms with E-state index in [0.29, 0.717) is 43.7 Å². The van der Waals surface area contributed by atoms with Crippen molar-refractivity contribution in [1.82, 2.24) is 0 Å². The second-order valence-corrected chi connectivity index (χ2v) is 11.4. The number of carbonyl (C=O) groups excluding carboxylic acids is 3. The summed E-state index contributed by atoms with van der Waals surface area (Å²) in [7, 11) is 1.54. The molecule has 3 aliphatic rings. The van der Waals surface area contributed by atoms with Crippen LogP contribution in [-0.2, 0) is 0 Å². The number of ketones is 3. The molecule has 5 nitrogen and oxygen atoms in total. The van der Waals surface area contributed by atoms with E-state index in [-0.39, 0.29) is 17.3 Å². The van der Waals surface area contributed by atoms with Gasteiger partial charge < -0.3 is 9.64 Å².